The molecule has 2 fully saturated rings. The first kappa shape index (κ1) is 13.8. The van der Waals surface area contributed by atoms with Gasteiger partial charge in [-0.1, -0.05) is 0 Å². The van der Waals surface area contributed by atoms with E-state index in [0.29, 0.717) is 6.04 Å². The molecule has 1 aromatic carbocycles. The predicted octanol–water partition coefficient (Wildman–Crippen LogP) is 2.14. The summed E-state index contributed by atoms with van der Waals surface area (Å²) in [7, 11) is 0. The van der Waals surface area contributed by atoms with Crippen LogP contribution in [0.15, 0.2) is 18.2 Å². The Labute approximate surface area is 123 Å². The average Bonchev–Trinajstić information content (AvgIpc) is 2.83. The Hall–Kier alpha value is -2.13. The van der Waals surface area contributed by atoms with E-state index in [1.807, 2.05) is 12.1 Å². The van der Waals surface area contributed by atoms with Gasteiger partial charge in [0.15, 0.2) is 0 Å². The Kier molecular flexibility index (Phi) is 3.76. The van der Waals surface area contributed by atoms with Gasteiger partial charge in [0.1, 0.15) is 11.6 Å². The highest BCUT2D eigenvalue weighted by atomic mass is 16.6. The van der Waals surface area contributed by atoms with Crippen LogP contribution in [-0.4, -0.2) is 42.0 Å². The minimum atomic E-state index is -0.470. The molecule has 2 aliphatic heterocycles. The number of nitrogens with zero attached hydrogens (tertiary/aromatic N) is 4. The molecule has 0 spiro atoms. The lowest BCUT2D eigenvalue weighted by atomic mass is 10.1. The molecular weight excluding hydrogens is 268 g/mol. The zero-order chi connectivity index (χ0) is 14.8. The Balaban J connectivity index is 1.87. The van der Waals surface area contributed by atoms with E-state index < -0.39 is 4.92 Å². The van der Waals surface area contributed by atoms with Crippen molar-refractivity contribution in [1.82, 2.24) is 4.90 Å². The van der Waals surface area contributed by atoms with Crippen LogP contribution in [0.25, 0.3) is 0 Å². The van der Waals surface area contributed by atoms with Gasteiger partial charge in [0, 0.05) is 37.4 Å². The molecule has 2 saturated heterocycles. The molecule has 0 aromatic heterocycles. The Bertz CT molecular complexity index is 596. The molecule has 2 heterocycles. The highest BCUT2D eigenvalue weighted by molar-refractivity contribution is 5.60. The maximum atomic E-state index is 11.1. The van der Waals surface area contributed by atoms with Gasteiger partial charge in [-0.3, -0.25) is 15.0 Å². The van der Waals surface area contributed by atoms with Crippen molar-refractivity contribution in [3.05, 3.63) is 33.9 Å². The molecule has 6 nitrogen and oxygen atoms in total. The molecule has 6 heteroatoms. The van der Waals surface area contributed by atoms with Crippen LogP contribution >= 0.6 is 0 Å². The number of hydrogen-bond acceptors (Lipinski definition) is 5. The summed E-state index contributed by atoms with van der Waals surface area (Å²) < 4.78 is 0. The van der Waals surface area contributed by atoms with Crippen LogP contribution < -0.4 is 4.90 Å². The number of anilines is 1. The van der Waals surface area contributed by atoms with Gasteiger partial charge in [0.2, 0.25) is 0 Å². The Morgan fingerprint density at radius 3 is 2.86 bits per heavy atom. The van der Waals surface area contributed by atoms with Crippen LogP contribution in [0.2, 0.25) is 0 Å². The number of rotatable bonds is 2. The van der Waals surface area contributed by atoms with Crippen LogP contribution in [0.3, 0.4) is 0 Å². The van der Waals surface area contributed by atoms with Gasteiger partial charge in [-0.05, 0) is 37.9 Å². The van der Waals surface area contributed by atoms with Gasteiger partial charge < -0.3 is 4.90 Å². The molecule has 0 amide bonds. The second-order valence-electron chi connectivity index (χ2n) is 5.70. The third kappa shape index (κ3) is 2.69. The third-order valence-electron chi connectivity index (χ3n) is 4.47. The fourth-order valence-electron chi connectivity index (χ4n) is 3.40. The van der Waals surface area contributed by atoms with Crippen LogP contribution in [0.1, 0.15) is 24.8 Å². The van der Waals surface area contributed by atoms with Crippen molar-refractivity contribution in [3.63, 3.8) is 0 Å². The quantitative estimate of drug-likeness (QED) is 0.615. The van der Waals surface area contributed by atoms with Gasteiger partial charge in [-0.2, -0.15) is 5.26 Å². The Morgan fingerprint density at radius 1 is 1.29 bits per heavy atom. The van der Waals surface area contributed by atoms with E-state index in [2.05, 4.69) is 9.80 Å². The van der Waals surface area contributed by atoms with Crippen LogP contribution in [0, 0.1) is 21.4 Å². The summed E-state index contributed by atoms with van der Waals surface area (Å²) >= 11 is 0. The number of benzene rings is 1. The maximum absolute atomic E-state index is 11.1. The number of hydrogen-bond donors (Lipinski definition) is 0. The van der Waals surface area contributed by atoms with E-state index in [-0.39, 0.29) is 11.3 Å². The average molecular weight is 286 g/mol. The van der Waals surface area contributed by atoms with Crippen LogP contribution in [0.5, 0.6) is 0 Å². The molecule has 0 aliphatic carbocycles. The molecule has 1 unspecified atom stereocenters. The van der Waals surface area contributed by atoms with E-state index in [0.717, 1.165) is 31.7 Å². The SMILES string of the molecule is N#Cc1ccc(N2CCCN3CCCC3C2)cc1[N+](=O)[O-]. The molecule has 21 heavy (non-hydrogen) atoms. The van der Waals surface area contributed by atoms with E-state index in [4.69, 9.17) is 5.26 Å². The van der Waals surface area contributed by atoms with Crippen LogP contribution in [-0.2, 0) is 0 Å². The van der Waals surface area contributed by atoms with Crippen LogP contribution in [0.4, 0.5) is 11.4 Å². The summed E-state index contributed by atoms with van der Waals surface area (Å²) in [5, 5.41) is 20.1. The smallest absolute Gasteiger partial charge is 0.289 e. The summed E-state index contributed by atoms with van der Waals surface area (Å²) in [6.07, 6.45) is 3.52. The summed E-state index contributed by atoms with van der Waals surface area (Å²) in [6, 6.07) is 7.38. The molecule has 0 saturated carbocycles. The summed E-state index contributed by atoms with van der Waals surface area (Å²) in [6.45, 7) is 4.12. The van der Waals surface area contributed by atoms with E-state index in [1.165, 1.54) is 19.4 Å². The molecule has 0 bridgehead atoms. The minimum Gasteiger partial charge on any atom is -0.370 e. The number of nitro groups is 1. The summed E-state index contributed by atoms with van der Waals surface area (Å²) in [5.41, 5.74) is 0.887. The fourth-order valence-corrected chi connectivity index (χ4v) is 3.40. The molecule has 110 valence electrons. The monoisotopic (exact) mass is 286 g/mol. The van der Waals surface area contributed by atoms with Crippen molar-refractivity contribution in [1.29, 1.82) is 5.26 Å². The molecule has 3 rings (SSSR count). The van der Waals surface area contributed by atoms with Gasteiger partial charge in [0.05, 0.1) is 4.92 Å². The highest BCUT2D eigenvalue weighted by Gasteiger charge is 2.29. The first-order valence-electron chi connectivity index (χ1n) is 7.36. The Morgan fingerprint density at radius 2 is 2.10 bits per heavy atom. The second-order valence-corrected chi connectivity index (χ2v) is 5.70. The van der Waals surface area contributed by atoms with E-state index in [1.54, 1.807) is 12.1 Å². The van der Waals surface area contributed by atoms with Crippen molar-refractivity contribution in [2.45, 2.75) is 25.3 Å². The fraction of sp³-hybridized carbons (Fsp3) is 0.533. The van der Waals surface area contributed by atoms with Crippen molar-refractivity contribution >= 4 is 11.4 Å². The topological polar surface area (TPSA) is 73.4 Å². The molecule has 0 radical (unpaired) electrons. The van der Waals surface area contributed by atoms with Crippen molar-refractivity contribution in [2.24, 2.45) is 0 Å². The highest BCUT2D eigenvalue weighted by Crippen LogP contribution is 2.29. The number of fused-ring (bicyclic) bond motifs is 1. The van der Waals surface area contributed by atoms with Crippen molar-refractivity contribution in [2.75, 3.05) is 31.1 Å². The predicted molar refractivity (Wildman–Crippen MR) is 79.2 cm³/mol. The van der Waals surface area contributed by atoms with E-state index >= 15 is 0 Å². The lowest BCUT2D eigenvalue weighted by Crippen LogP contribution is -2.36. The van der Waals surface area contributed by atoms with Crippen molar-refractivity contribution < 1.29 is 4.92 Å². The molecular formula is C15H18N4O2. The summed E-state index contributed by atoms with van der Waals surface area (Å²) in [4.78, 5) is 15.4. The molecule has 1 aromatic rings. The minimum absolute atomic E-state index is 0.0949. The summed E-state index contributed by atoms with van der Waals surface area (Å²) in [5.74, 6) is 0. The third-order valence-corrected chi connectivity index (χ3v) is 4.47. The zero-order valence-electron chi connectivity index (χ0n) is 11.9. The molecule has 1 atom stereocenters. The number of nitriles is 1. The van der Waals surface area contributed by atoms with Crippen molar-refractivity contribution in [3.8, 4) is 6.07 Å². The van der Waals surface area contributed by atoms with E-state index in [9.17, 15) is 10.1 Å². The zero-order valence-corrected chi connectivity index (χ0v) is 11.9. The normalized spacial score (nSPS) is 22.4. The first-order valence-corrected chi connectivity index (χ1v) is 7.36. The second kappa shape index (κ2) is 5.70. The lowest BCUT2D eigenvalue weighted by molar-refractivity contribution is -0.385. The van der Waals surface area contributed by atoms with Gasteiger partial charge >= 0.3 is 0 Å². The lowest BCUT2D eigenvalue weighted by Gasteiger charge is -2.27. The van der Waals surface area contributed by atoms with Gasteiger partial charge in [-0.25, -0.2) is 0 Å². The largest absolute Gasteiger partial charge is 0.370 e. The first-order chi connectivity index (χ1) is 10.2. The van der Waals surface area contributed by atoms with Gasteiger partial charge in [0.25, 0.3) is 5.69 Å². The molecule has 2 aliphatic rings. The number of nitro benzene ring substituents is 1. The van der Waals surface area contributed by atoms with Gasteiger partial charge in [-0.15, -0.1) is 0 Å². The maximum Gasteiger partial charge on any atom is 0.289 e. The molecule has 0 N–H and O–H groups in total. The standard InChI is InChI=1S/C15H18N4O2/c16-10-12-4-5-13(9-15(12)19(20)21)18-8-2-7-17-6-1-3-14(17)11-18/h4-5,9,14H,1-3,6-8,11H2.